The molecule has 0 aliphatic carbocycles. The third-order valence-electron chi connectivity index (χ3n) is 6.42. The molecule has 0 saturated heterocycles. The lowest BCUT2D eigenvalue weighted by atomic mass is 9.92. The summed E-state index contributed by atoms with van der Waals surface area (Å²) in [6.45, 7) is 0. The molecule has 0 unspecified atom stereocenters. The first-order valence-electron chi connectivity index (χ1n) is 9.72. The molecule has 0 amide bonds. The molecule has 30 heavy (non-hydrogen) atoms. The quantitative estimate of drug-likeness (QED) is 0.329. The molecule has 8 rings (SSSR count). The topological polar surface area (TPSA) is 40.6 Å². The number of rotatable bonds is 0. The zero-order valence-corrected chi connectivity index (χ0v) is 17.1. The molecule has 4 nitrogen and oxygen atoms in total. The Hall–Kier alpha value is -3.22. The van der Waals surface area contributed by atoms with Crippen LogP contribution in [0.3, 0.4) is 0 Å². The second kappa shape index (κ2) is 4.91. The van der Waals surface area contributed by atoms with Crippen molar-refractivity contribution < 1.29 is 8.42 Å². The Morgan fingerprint density at radius 1 is 0.433 bits per heavy atom. The fraction of sp³-hybridized carbons (Fsp3) is 0. The number of para-hydroxylation sites is 4. The highest BCUT2D eigenvalue weighted by Crippen LogP contribution is 2.64. The second-order valence-electron chi connectivity index (χ2n) is 7.77. The Balaban J connectivity index is 1.68. The van der Waals surface area contributed by atoms with Gasteiger partial charge in [0.1, 0.15) is 0 Å². The molecule has 4 aromatic rings. The molecule has 4 aliphatic heterocycles. The van der Waals surface area contributed by atoms with E-state index in [1.54, 1.807) is 0 Å². The first-order valence-corrected chi connectivity index (χ1v) is 12.0. The molecule has 0 fully saturated rings. The lowest BCUT2D eigenvalue weighted by Crippen LogP contribution is -2.45. The van der Waals surface area contributed by atoms with Crippen LogP contribution < -0.4 is 10.0 Å². The predicted octanol–water partition coefficient (Wildman–Crippen LogP) is 5.50. The van der Waals surface area contributed by atoms with Crippen LogP contribution in [0.15, 0.2) is 92.4 Å². The average Bonchev–Trinajstić information content (AvgIpc) is 2.80. The summed E-state index contributed by atoms with van der Waals surface area (Å²) in [6, 6.07) is 24.0. The van der Waals surface area contributed by atoms with Crippen molar-refractivity contribution in [3.05, 3.63) is 72.8 Å². The summed E-state index contributed by atoms with van der Waals surface area (Å²) in [5.41, 5.74) is 8.01. The number of hydrazine groups is 1. The van der Waals surface area contributed by atoms with Gasteiger partial charge in [-0.3, -0.25) is 0 Å². The van der Waals surface area contributed by atoms with Gasteiger partial charge in [-0.05, 0) is 24.3 Å². The lowest BCUT2D eigenvalue weighted by molar-refractivity contribution is 0.677. The summed E-state index contributed by atoms with van der Waals surface area (Å²) < 4.78 is 27.2. The van der Waals surface area contributed by atoms with Crippen molar-refractivity contribution in [2.75, 3.05) is 10.0 Å². The van der Waals surface area contributed by atoms with E-state index in [0.29, 0.717) is 0 Å². The maximum atomic E-state index is 13.6. The summed E-state index contributed by atoms with van der Waals surface area (Å²) in [5, 5.41) is 4.43. The average molecular weight is 425 g/mol. The number of hydrogen-bond donors (Lipinski definition) is 0. The zero-order valence-electron chi connectivity index (χ0n) is 15.5. The smallest absolute Gasteiger partial charge is 0.0894 e. The maximum Gasteiger partial charge on any atom is 0.0894 e. The van der Waals surface area contributed by atoms with E-state index >= 15 is 0 Å². The van der Waals surface area contributed by atoms with Crippen LogP contribution in [0.2, 0.25) is 0 Å². The van der Waals surface area contributed by atoms with Gasteiger partial charge in [-0.15, -0.1) is 0 Å². The first kappa shape index (κ1) is 15.6. The Labute approximate surface area is 177 Å². The molecule has 6 heteroatoms. The van der Waals surface area contributed by atoms with E-state index in [-0.39, 0.29) is 0 Å². The van der Waals surface area contributed by atoms with Crippen LogP contribution in [0, 0.1) is 0 Å². The van der Waals surface area contributed by atoms with Gasteiger partial charge < -0.3 is 0 Å². The minimum Gasteiger partial charge on any atom is -0.249 e. The van der Waals surface area contributed by atoms with Crippen LogP contribution in [-0.4, -0.2) is 8.42 Å². The van der Waals surface area contributed by atoms with E-state index in [9.17, 15) is 8.42 Å². The molecule has 0 bridgehead atoms. The second-order valence-corrected chi connectivity index (χ2v) is 10.6. The van der Waals surface area contributed by atoms with Crippen molar-refractivity contribution in [1.82, 2.24) is 0 Å². The van der Waals surface area contributed by atoms with Crippen molar-refractivity contribution in [3.63, 3.8) is 0 Å². The summed E-state index contributed by atoms with van der Waals surface area (Å²) in [4.78, 5) is 3.28. The molecule has 0 spiro atoms. The number of benzene rings is 4. The van der Waals surface area contributed by atoms with E-state index in [4.69, 9.17) is 0 Å². The van der Waals surface area contributed by atoms with Crippen molar-refractivity contribution >= 4 is 44.3 Å². The summed E-state index contributed by atoms with van der Waals surface area (Å²) >= 11 is 0. The van der Waals surface area contributed by atoms with Crippen molar-refractivity contribution in [2.45, 2.75) is 19.6 Å². The summed E-state index contributed by atoms with van der Waals surface area (Å²) in [6.07, 6.45) is 0. The van der Waals surface area contributed by atoms with Gasteiger partial charge in [0, 0.05) is 22.3 Å². The molecule has 0 saturated carbocycles. The van der Waals surface area contributed by atoms with E-state index in [0.717, 1.165) is 64.6 Å². The summed E-state index contributed by atoms with van der Waals surface area (Å²) in [5.74, 6) is 0. The molecule has 0 atom stereocenters. The van der Waals surface area contributed by atoms with Gasteiger partial charge in [-0.1, -0.05) is 48.5 Å². The largest absolute Gasteiger partial charge is 0.249 e. The molecular formula is C24H12N2O2S2. The van der Waals surface area contributed by atoms with Crippen LogP contribution >= 0.6 is 0 Å². The molecule has 142 valence electrons. The molecule has 0 aromatic heterocycles. The van der Waals surface area contributed by atoms with Gasteiger partial charge in [-0.25, -0.2) is 18.4 Å². The predicted molar refractivity (Wildman–Crippen MR) is 117 cm³/mol. The van der Waals surface area contributed by atoms with Gasteiger partial charge >= 0.3 is 0 Å². The third kappa shape index (κ3) is 1.50. The minimum atomic E-state index is -1.26. The van der Waals surface area contributed by atoms with Crippen molar-refractivity contribution in [1.29, 1.82) is 0 Å². The first-order chi connectivity index (χ1) is 14.8. The van der Waals surface area contributed by atoms with Crippen LogP contribution in [0.5, 0.6) is 0 Å². The minimum absolute atomic E-state index is 0.820. The molecule has 4 heterocycles. The fourth-order valence-electron chi connectivity index (χ4n) is 5.29. The zero-order chi connectivity index (χ0) is 19.7. The highest BCUT2D eigenvalue weighted by molar-refractivity contribution is 7.86. The SMILES string of the molecule is O=S1c2cccc3c2N2c4c(cccc41)-c1cccc4c1N2c1c-3cccc1S4=O. The normalized spacial score (nSPS) is 16.5. The van der Waals surface area contributed by atoms with Crippen LogP contribution in [0.25, 0.3) is 22.3 Å². The van der Waals surface area contributed by atoms with Gasteiger partial charge in [0.15, 0.2) is 0 Å². The Morgan fingerprint density at radius 3 is 0.967 bits per heavy atom. The van der Waals surface area contributed by atoms with E-state index in [1.807, 2.05) is 48.5 Å². The molecule has 0 N–H and O–H groups in total. The van der Waals surface area contributed by atoms with Crippen molar-refractivity contribution in [3.8, 4) is 22.3 Å². The van der Waals surface area contributed by atoms with E-state index < -0.39 is 21.6 Å². The Kier molecular flexibility index (Phi) is 2.55. The fourth-order valence-corrected chi connectivity index (χ4v) is 8.06. The third-order valence-corrected chi connectivity index (χ3v) is 9.34. The molecule has 0 radical (unpaired) electrons. The Bertz CT molecular complexity index is 1330. The van der Waals surface area contributed by atoms with Crippen LogP contribution in [0.4, 0.5) is 22.7 Å². The molecular weight excluding hydrogens is 412 g/mol. The maximum absolute atomic E-state index is 13.6. The molecule has 4 aromatic carbocycles. The number of fused-ring (bicyclic) bond motifs is 2. The highest BCUT2D eigenvalue weighted by Gasteiger charge is 2.47. The van der Waals surface area contributed by atoms with Gasteiger partial charge in [-0.2, -0.15) is 0 Å². The standard InChI is InChI=1S/C24H12N2O2S2/c27-29-17-9-1-5-13-14-6-2-11-19-22(14)26-24-16(8-4-12-20(24)30(19)28)15-7-3-10-18(29)23(15)25(26)21(13)17/h1-12H. The highest BCUT2D eigenvalue weighted by atomic mass is 32.2. The molecule has 4 aliphatic rings. The van der Waals surface area contributed by atoms with Gasteiger partial charge in [0.2, 0.25) is 0 Å². The number of hydrogen-bond acceptors (Lipinski definition) is 4. The van der Waals surface area contributed by atoms with Gasteiger partial charge in [0.25, 0.3) is 0 Å². The van der Waals surface area contributed by atoms with Crippen LogP contribution in [0.1, 0.15) is 0 Å². The monoisotopic (exact) mass is 424 g/mol. The van der Waals surface area contributed by atoms with E-state index in [1.165, 1.54) is 0 Å². The van der Waals surface area contributed by atoms with Gasteiger partial charge in [0.05, 0.1) is 63.9 Å². The number of anilines is 4. The Morgan fingerprint density at radius 2 is 0.700 bits per heavy atom. The van der Waals surface area contributed by atoms with E-state index in [2.05, 4.69) is 34.3 Å². The lowest BCUT2D eigenvalue weighted by Gasteiger charge is -2.52. The van der Waals surface area contributed by atoms with Crippen molar-refractivity contribution in [2.24, 2.45) is 0 Å². The van der Waals surface area contributed by atoms with Crippen LogP contribution in [-0.2, 0) is 21.6 Å². The number of nitrogens with zero attached hydrogens (tertiary/aromatic N) is 2. The summed E-state index contributed by atoms with van der Waals surface area (Å²) in [7, 11) is -2.52.